The molecule has 0 bridgehead atoms. The van der Waals surface area contributed by atoms with E-state index in [9.17, 15) is 0 Å². The normalized spacial score (nSPS) is 11.1. The van der Waals surface area contributed by atoms with Crippen LogP contribution in [0, 0.1) is 0 Å². The Balaban J connectivity index is 0.00000261. The lowest BCUT2D eigenvalue weighted by atomic mass is 10.1. The Morgan fingerprint density at radius 2 is 1.81 bits per heavy atom. The van der Waals surface area contributed by atoms with Gasteiger partial charge in [-0.05, 0) is 36.2 Å². The monoisotopic (exact) mass is 479 g/mol. The highest BCUT2D eigenvalue weighted by Crippen LogP contribution is 2.11. The number of nitrogens with zero attached hydrogens (tertiary/aromatic N) is 3. The van der Waals surface area contributed by atoms with Gasteiger partial charge in [0, 0.05) is 39.0 Å². The summed E-state index contributed by atoms with van der Waals surface area (Å²) in [5.41, 5.74) is 3.31. The summed E-state index contributed by atoms with van der Waals surface area (Å²) in [6.07, 6.45) is 5.85. The van der Waals surface area contributed by atoms with Crippen molar-refractivity contribution in [3.63, 3.8) is 0 Å². The summed E-state index contributed by atoms with van der Waals surface area (Å²) >= 11 is 0. The fourth-order valence-electron chi connectivity index (χ4n) is 2.75. The van der Waals surface area contributed by atoms with Crippen molar-refractivity contribution in [2.24, 2.45) is 4.99 Å². The first-order chi connectivity index (χ1) is 12.8. The van der Waals surface area contributed by atoms with Crippen LogP contribution in [0.3, 0.4) is 0 Å². The summed E-state index contributed by atoms with van der Waals surface area (Å²) in [6.45, 7) is 1.60. The van der Waals surface area contributed by atoms with Gasteiger partial charge in [0.15, 0.2) is 5.96 Å². The number of imidazole rings is 1. The van der Waals surface area contributed by atoms with Crippen molar-refractivity contribution in [1.29, 1.82) is 0 Å². The highest BCUT2D eigenvalue weighted by molar-refractivity contribution is 14.0. The van der Waals surface area contributed by atoms with E-state index in [1.54, 1.807) is 14.2 Å². The molecule has 0 spiro atoms. The van der Waals surface area contributed by atoms with Gasteiger partial charge in [-0.15, -0.1) is 24.0 Å². The van der Waals surface area contributed by atoms with Crippen LogP contribution in [0.5, 0.6) is 5.75 Å². The smallest absolute Gasteiger partial charge is 0.190 e. The van der Waals surface area contributed by atoms with Gasteiger partial charge >= 0.3 is 0 Å². The molecule has 0 saturated heterocycles. The molecule has 7 heteroatoms. The third kappa shape index (κ3) is 6.13. The quantitative estimate of drug-likeness (QED) is 0.311. The molecule has 144 valence electrons. The van der Waals surface area contributed by atoms with Gasteiger partial charge in [0.2, 0.25) is 0 Å². The van der Waals surface area contributed by atoms with Crippen LogP contribution < -0.4 is 15.4 Å². The molecule has 0 amide bonds. The Morgan fingerprint density at radius 3 is 2.48 bits per heavy atom. The van der Waals surface area contributed by atoms with Gasteiger partial charge in [-0.25, -0.2) is 4.98 Å². The second-order valence-electron chi connectivity index (χ2n) is 5.97. The molecule has 0 aliphatic rings. The molecule has 0 atom stereocenters. The lowest BCUT2D eigenvalue weighted by Crippen LogP contribution is -2.39. The number of aliphatic imine (C=N–C) groups is 1. The van der Waals surface area contributed by atoms with Crippen LogP contribution in [0.25, 0.3) is 5.65 Å². The second-order valence-corrected chi connectivity index (χ2v) is 5.97. The zero-order chi connectivity index (χ0) is 18.2. The van der Waals surface area contributed by atoms with Crippen LogP contribution in [-0.4, -0.2) is 42.6 Å². The van der Waals surface area contributed by atoms with Gasteiger partial charge in [-0.1, -0.05) is 18.2 Å². The van der Waals surface area contributed by atoms with Crippen molar-refractivity contribution >= 4 is 35.6 Å². The number of rotatable bonds is 7. The molecule has 3 aromatic rings. The highest BCUT2D eigenvalue weighted by Gasteiger charge is 2.02. The average Bonchev–Trinajstić information content (AvgIpc) is 3.10. The molecule has 0 radical (unpaired) electrons. The van der Waals surface area contributed by atoms with Crippen LogP contribution in [0.2, 0.25) is 0 Å². The fraction of sp³-hybridized carbons (Fsp3) is 0.300. The van der Waals surface area contributed by atoms with Crippen molar-refractivity contribution in [1.82, 2.24) is 20.0 Å². The number of hydrogen-bond donors (Lipinski definition) is 2. The third-order valence-corrected chi connectivity index (χ3v) is 4.18. The van der Waals surface area contributed by atoms with Crippen molar-refractivity contribution in [3.8, 4) is 5.75 Å². The van der Waals surface area contributed by atoms with Gasteiger partial charge in [-0.3, -0.25) is 4.99 Å². The Kier molecular flexibility index (Phi) is 8.38. The van der Waals surface area contributed by atoms with Gasteiger partial charge < -0.3 is 19.8 Å². The SMILES string of the molecule is CN=C(NCCc1ccc(OC)cc1)NCCc1cn2ccccc2n1.I. The summed E-state index contributed by atoms with van der Waals surface area (Å²) in [6, 6.07) is 14.1. The van der Waals surface area contributed by atoms with E-state index in [0.717, 1.165) is 49.0 Å². The number of methoxy groups -OCH3 is 1. The minimum absolute atomic E-state index is 0. The molecule has 1 aromatic carbocycles. The molecule has 0 fully saturated rings. The summed E-state index contributed by atoms with van der Waals surface area (Å²) in [5, 5.41) is 6.68. The molecular formula is C20H26IN5O. The lowest BCUT2D eigenvalue weighted by Gasteiger charge is -2.11. The van der Waals surface area contributed by atoms with Crippen LogP contribution in [-0.2, 0) is 12.8 Å². The Hall–Kier alpha value is -2.29. The number of guanidine groups is 1. The Labute approximate surface area is 177 Å². The van der Waals surface area contributed by atoms with E-state index in [1.165, 1.54) is 5.56 Å². The fourth-order valence-corrected chi connectivity index (χ4v) is 2.75. The molecule has 2 N–H and O–H groups in total. The highest BCUT2D eigenvalue weighted by atomic mass is 127. The molecule has 6 nitrogen and oxygen atoms in total. The molecule has 3 rings (SSSR count). The van der Waals surface area contributed by atoms with Gasteiger partial charge in [0.05, 0.1) is 12.8 Å². The van der Waals surface area contributed by atoms with Gasteiger partial charge in [0.25, 0.3) is 0 Å². The van der Waals surface area contributed by atoms with Crippen molar-refractivity contribution < 1.29 is 4.74 Å². The first kappa shape index (κ1) is 21.0. The third-order valence-electron chi connectivity index (χ3n) is 4.18. The number of fused-ring (bicyclic) bond motifs is 1. The summed E-state index contributed by atoms with van der Waals surface area (Å²) < 4.78 is 7.22. The van der Waals surface area contributed by atoms with E-state index in [1.807, 2.05) is 40.9 Å². The molecule has 0 aliphatic carbocycles. The lowest BCUT2D eigenvalue weighted by molar-refractivity contribution is 0.414. The second kappa shape index (κ2) is 10.8. The molecular weight excluding hydrogens is 453 g/mol. The molecule has 0 unspecified atom stereocenters. The Bertz CT molecular complexity index is 827. The van der Waals surface area contributed by atoms with E-state index in [0.29, 0.717) is 0 Å². The van der Waals surface area contributed by atoms with Gasteiger partial charge in [-0.2, -0.15) is 0 Å². The zero-order valence-electron chi connectivity index (χ0n) is 15.7. The molecule has 27 heavy (non-hydrogen) atoms. The van der Waals surface area contributed by atoms with E-state index in [2.05, 4.69) is 38.9 Å². The topological polar surface area (TPSA) is 63.0 Å². The maximum absolute atomic E-state index is 5.18. The van der Waals surface area contributed by atoms with Crippen LogP contribution in [0.4, 0.5) is 0 Å². The summed E-state index contributed by atoms with van der Waals surface area (Å²) in [7, 11) is 3.46. The predicted molar refractivity (Wildman–Crippen MR) is 120 cm³/mol. The average molecular weight is 479 g/mol. The largest absolute Gasteiger partial charge is 0.497 e. The minimum atomic E-state index is 0. The number of halogens is 1. The van der Waals surface area contributed by atoms with Crippen LogP contribution >= 0.6 is 24.0 Å². The number of hydrogen-bond acceptors (Lipinski definition) is 3. The van der Waals surface area contributed by atoms with Crippen molar-refractivity contribution in [3.05, 3.63) is 66.1 Å². The van der Waals surface area contributed by atoms with E-state index in [-0.39, 0.29) is 24.0 Å². The molecule has 0 saturated carbocycles. The first-order valence-electron chi connectivity index (χ1n) is 8.78. The van der Waals surface area contributed by atoms with Crippen molar-refractivity contribution in [2.45, 2.75) is 12.8 Å². The maximum atomic E-state index is 5.18. The van der Waals surface area contributed by atoms with E-state index in [4.69, 9.17) is 4.74 Å². The van der Waals surface area contributed by atoms with Crippen LogP contribution in [0.15, 0.2) is 59.9 Å². The number of ether oxygens (including phenoxy) is 1. The standard InChI is InChI=1S/C20H25N5O.HI/c1-21-20(22-12-10-16-6-8-18(26-2)9-7-16)23-13-11-17-15-25-14-4-3-5-19(25)24-17;/h3-9,14-15H,10-13H2,1-2H3,(H2,21,22,23);1H. The number of benzene rings is 1. The van der Waals surface area contributed by atoms with E-state index < -0.39 is 0 Å². The summed E-state index contributed by atoms with van der Waals surface area (Å²) in [5.74, 6) is 1.69. The number of pyridine rings is 1. The predicted octanol–water partition coefficient (Wildman–Crippen LogP) is 2.91. The zero-order valence-corrected chi connectivity index (χ0v) is 18.0. The number of nitrogens with one attached hydrogen (secondary N) is 2. The molecule has 2 aromatic heterocycles. The van der Waals surface area contributed by atoms with E-state index >= 15 is 0 Å². The van der Waals surface area contributed by atoms with Gasteiger partial charge in [0.1, 0.15) is 11.4 Å². The minimum Gasteiger partial charge on any atom is -0.497 e. The summed E-state index contributed by atoms with van der Waals surface area (Å²) in [4.78, 5) is 8.87. The first-order valence-corrected chi connectivity index (χ1v) is 8.78. The molecule has 0 aliphatic heterocycles. The molecule has 2 heterocycles. The van der Waals surface area contributed by atoms with Crippen LogP contribution in [0.1, 0.15) is 11.3 Å². The number of aromatic nitrogens is 2. The van der Waals surface area contributed by atoms with Crippen molar-refractivity contribution in [2.75, 3.05) is 27.2 Å². The maximum Gasteiger partial charge on any atom is 0.190 e. The Morgan fingerprint density at radius 1 is 1.07 bits per heavy atom.